The summed E-state index contributed by atoms with van der Waals surface area (Å²) < 4.78 is 33.1. The average Bonchev–Trinajstić information content (AvgIpc) is 3.33. The summed E-state index contributed by atoms with van der Waals surface area (Å²) in [6.07, 6.45) is 1.46. The topological polar surface area (TPSA) is 92.5 Å². The number of nitrogens with zero attached hydrogens (tertiary/aromatic N) is 2. The molecule has 34 heavy (non-hydrogen) atoms. The number of carbonyl (C=O) groups is 1. The number of nitrogens with one attached hydrogen (secondary N) is 1. The number of sulfonamides is 1. The second kappa shape index (κ2) is 10.6. The first-order chi connectivity index (χ1) is 16.4. The number of fused-ring (bicyclic) bond motifs is 1. The SMILES string of the molecule is CN(CCCc1cc(-c2ccccc2)no1)C(=O)CCNS(=O)(=O)c1ccc2ccccc2c1. The van der Waals surface area contributed by atoms with Crippen molar-refractivity contribution in [1.29, 1.82) is 0 Å². The predicted molar refractivity (Wildman–Crippen MR) is 132 cm³/mol. The van der Waals surface area contributed by atoms with E-state index in [2.05, 4.69) is 9.88 Å². The van der Waals surface area contributed by atoms with Crippen LogP contribution in [0, 0.1) is 0 Å². The third kappa shape index (κ3) is 5.89. The maximum atomic E-state index is 12.6. The van der Waals surface area contributed by atoms with Gasteiger partial charge in [0, 0.05) is 44.6 Å². The fraction of sp³-hybridized carbons (Fsp3) is 0.231. The van der Waals surface area contributed by atoms with E-state index in [0.717, 1.165) is 27.8 Å². The highest BCUT2D eigenvalue weighted by Crippen LogP contribution is 2.20. The first kappa shape index (κ1) is 23.7. The Morgan fingerprint density at radius 1 is 0.971 bits per heavy atom. The van der Waals surface area contributed by atoms with E-state index in [4.69, 9.17) is 4.52 Å². The molecular weight excluding hydrogens is 450 g/mol. The van der Waals surface area contributed by atoms with Gasteiger partial charge in [0.2, 0.25) is 15.9 Å². The molecule has 0 aliphatic heterocycles. The first-order valence-corrected chi connectivity index (χ1v) is 12.6. The summed E-state index contributed by atoms with van der Waals surface area (Å²) in [6, 6.07) is 24.3. The Morgan fingerprint density at radius 3 is 2.50 bits per heavy atom. The minimum absolute atomic E-state index is 0.0425. The second-order valence-electron chi connectivity index (χ2n) is 8.12. The van der Waals surface area contributed by atoms with Crippen molar-refractivity contribution in [3.63, 3.8) is 0 Å². The van der Waals surface area contributed by atoms with Crippen LogP contribution in [-0.4, -0.2) is 44.5 Å². The highest BCUT2D eigenvalue weighted by Gasteiger charge is 2.16. The maximum Gasteiger partial charge on any atom is 0.240 e. The van der Waals surface area contributed by atoms with Crippen molar-refractivity contribution in [3.05, 3.63) is 84.6 Å². The molecule has 1 aromatic heterocycles. The Bertz CT molecular complexity index is 1370. The molecule has 0 aliphatic carbocycles. The first-order valence-electron chi connectivity index (χ1n) is 11.2. The van der Waals surface area contributed by atoms with Crippen molar-refractivity contribution >= 4 is 26.7 Å². The van der Waals surface area contributed by atoms with Gasteiger partial charge in [-0.1, -0.05) is 65.8 Å². The quantitative estimate of drug-likeness (QED) is 0.369. The van der Waals surface area contributed by atoms with Crippen LogP contribution in [0.15, 0.2) is 88.3 Å². The Hall–Kier alpha value is -3.49. The molecule has 1 heterocycles. The molecule has 0 spiro atoms. The lowest BCUT2D eigenvalue weighted by molar-refractivity contribution is -0.129. The maximum absolute atomic E-state index is 12.6. The number of aryl methyl sites for hydroxylation is 1. The van der Waals surface area contributed by atoms with Crippen molar-refractivity contribution in [2.45, 2.75) is 24.2 Å². The predicted octanol–water partition coefficient (Wildman–Crippen LogP) is 4.25. The Morgan fingerprint density at radius 2 is 1.71 bits per heavy atom. The van der Waals surface area contributed by atoms with Gasteiger partial charge in [0.1, 0.15) is 11.5 Å². The van der Waals surface area contributed by atoms with Gasteiger partial charge in [-0.25, -0.2) is 13.1 Å². The normalized spacial score (nSPS) is 11.6. The van der Waals surface area contributed by atoms with E-state index in [1.165, 1.54) is 0 Å². The van der Waals surface area contributed by atoms with Crippen molar-refractivity contribution in [1.82, 2.24) is 14.8 Å². The Labute approximate surface area is 199 Å². The van der Waals surface area contributed by atoms with Gasteiger partial charge in [0.05, 0.1) is 4.90 Å². The molecule has 0 bridgehead atoms. The third-order valence-electron chi connectivity index (χ3n) is 5.63. The zero-order chi connectivity index (χ0) is 24.0. The number of rotatable bonds is 10. The van der Waals surface area contributed by atoms with E-state index in [1.54, 1.807) is 30.1 Å². The molecule has 0 unspecified atom stereocenters. The molecule has 176 valence electrons. The van der Waals surface area contributed by atoms with Gasteiger partial charge in [-0.3, -0.25) is 4.79 Å². The summed E-state index contributed by atoms with van der Waals surface area (Å²) in [7, 11) is -1.97. The second-order valence-corrected chi connectivity index (χ2v) is 9.89. The fourth-order valence-corrected chi connectivity index (χ4v) is 4.76. The number of aromatic nitrogens is 1. The van der Waals surface area contributed by atoms with Gasteiger partial charge in [0.15, 0.2) is 0 Å². The number of hydrogen-bond acceptors (Lipinski definition) is 5. The molecule has 3 aromatic carbocycles. The largest absolute Gasteiger partial charge is 0.361 e. The van der Waals surface area contributed by atoms with Crippen LogP contribution in [0.25, 0.3) is 22.0 Å². The summed E-state index contributed by atoms with van der Waals surface area (Å²) in [6.45, 7) is 0.582. The smallest absolute Gasteiger partial charge is 0.240 e. The van der Waals surface area contributed by atoms with Crippen molar-refractivity contribution in [2.24, 2.45) is 0 Å². The molecule has 0 aliphatic rings. The number of amides is 1. The minimum Gasteiger partial charge on any atom is -0.361 e. The van der Waals surface area contributed by atoms with Crippen LogP contribution < -0.4 is 4.72 Å². The van der Waals surface area contributed by atoms with Crippen LogP contribution in [0.4, 0.5) is 0 Å². The lowest BCUT2D eigenvalue weighted by atomic mass is 10.1. The monoisotopic (exact) mass is 477 g/mol. The van der Waals surface area contributed by atoms with Crippen LogP contribution in [0.3, 0.4) is 0 Å². The van der Waals surface area contributed by atoms with Gasteiger partial charge in [-0.05, 0) is 29.3 Å². The molecule has 4 aromatic rings. The highest BCUT2D eigenvalue weighted by atomic mass is 32.2. The van der Waals surface area contributed by atoms with E-state index in [-0.39, 0.29) is 23.8 Å². The fourth-order valence-electron chi connectivity index (χ4n) is 3.69. The van der Waals surface area contributed by atoms with Gasteiger partial charge < -0.3 is 9.42 Å². The van der Waals surface area contributed by atoms with Gasteiger partial charge in [0.25, 0.3) is 0 Å². The van der Waals surface area contributed by atoms with Crippen LogP contribution in [0.1, 0.15) is 18.6 Å². The molecule has 7 nitrogen and oxygen atoms in total. The van der Waals surface area contributed by atoms with Gasteiger partial charge in [-0.2, -0.15) is 0 Å². The zero-order valence-electron chi connectivity index (χ0n) is 19.0. The highest BCUT2D eigenvalue weighted by molar-refractivity contribution is 7.89. The number of hydrogen-bond donors (Lipinski definition) is 1. The van der Waals surface area contributed by atoms with E-state index >= 15 is 0 Å². The molecule has 0 fully saturated rings. The summed E-state index contributed by atoms with van der Waals surface area (Å²) in [5.74, 6) is 0.645. The average molecular weight is 478 g/mol. The molecule has 0 saturated carbocycles. The molecule has 1 N–H and O–H groups in total. The number of carbonyl (C=O) groups excluding carboxylic acids is 1. The Kier molecular flexibility index (Phi) is 7.40. The lowest BCUT2D eigenvalue weighted by Crippen LogP contribution is -2.32. The zero-order valence-corrected chi connectivity index (χ0v) is 19.8. The molecule has 8 heteroatoms. The summed E-state index contributed by atoms with van der Waals surface area (Å²) in [4.78, 5) is 14.2. The summed E-state index contributed by atoms with van der Waals surface area (Å²) >= 11 is 0. The summed E-state index contributed by atoms with van der Waals surface area (Å²) in [5.41, 5.74) is 1.79. The third-order valence-corrected chi connectivity index (χ3v) is 7.09. The van der Waals surface area contributed by atoms with Crippen molar-refractivity contribution < 1.29 is 17.7 Å². The molecule has 0 radical (unpaired) electrons. The molecule has 0 atom stereocenters. The molecule has 0 saturated heterocycles. The van der Waals surface area contributed by atoms with Crippen molar-refractivity contribution in [3.8, 4) is 11.3 Å². The standard InChI is InChI=1S/C26H27N3O4S/c1-29(17-7-12-23-19-25(28-33-23)21-9-3-2-4-10-21)26(30)15-16-27-34(31,32)24-14-13-20-8-5-6-11-22(20)18-24/h2-6,8-11,13-14,18-19,27H,7,12,15-17H2,1H3. The van der Waals surface area contributed by atoms with E-state index in [0.29, 0.717) is 19.4 Å². The van der Waals surface area contributed by atoms with E-state index < -0.39 is 10.0 Å². The van der Waals surface area contributed by atoms with E-state index in [9.17, 15) is 13.2 Å². The van der Waals surface area contributed by atoms with Crippen LogP contribution >= 0.6 is 0 Å². The lowest BCUT2D eigenvalue weighted by Gasteiger charge is -2.17. The van der Waals surface area contributed by atoms with Gasteiger partial charge in [-0.15, -0.1) is 0 Å². The molecular formula is C26H27N3O4S. The Balaban J connectivity index is 1.22. The molecule has 4 rings (SSSR count). The van der Waals surface area contributed by atoms with Crippen molar-refractivity contribution in [2.75, 3.05) is 20.1 Å². The summed E-state index contributed by atoms with van der Waals surface area (Å²) in [5, 5.41) is 5.93. The van der Waals surface area contributed by atoms with Crippen LogP contribution in [-0.2, 0) is 21.2 Å². The van der Waals surface area contributed by atoms with E-state index in [1.807, 2.05) is 60.7 Å². The van der Waals surface area contributed by atoms with Crippen LogP contribution in [0.2, 0.25) is 0 Å². The minimum atomic E-state index is -3.69. The molecule has 1 amide bonds. The number of benzene rings is 3. The van der Waals surface area contributed by atoms with Gasteiger partial charge >= 0.3 is 0 Å². The van der Waals surface area contributed by atoms with Crippen LogP contribution in [0.5, 0.6) is 0 Å².